The second-order valence-corrected chi connectivity index (χ2v) is 7.80. The summed E-state index contributed by atoms with van der Waals surface area (Å²) in [6.45, 7) is 1.47. The first-order valence-corrected chi connectivity index (χ1v) is 10.3. The molecule has 1 aliphatic rings. The average Bonchev–Trinajstić information content (AvgIpc) is 2.80. The lowest BCUT2D eigenvalue weighted by molar-refractivity contribution is 0.0726. The lowest BCUT2D eigenvalue weighted by atomic mass is 9.98. The van der Waals surface area contributed by atoms with Crippen molar-refractivity contribution in [3.8, 4) is 5.75 Å². The van der Waals surface area contributed by atoms with Crippen molar-refractivity contribution in [1.29, 1.82) is 0 Å². The largest absolute Gasteiger partial charge is 0.489 e. The van der Waals surface area contributed by atoms with Gasteiger partial charge in [0.2, 0.25) is 0 Å². The molecule has 0 unspecified atom stereocenters. The minimum atomic E-state index is -0.0640. The molecule has 1 aliphatic heterocycles. The number of carbonyl (C=O) groups excluding carboxylic acids is 2. The summed E-state index contributed by atoms with van der Waals surface area (Å²) in [5, 5.41) is 0. The third-order valence-electron chi connectivity index (χ3n) is 5.39. The van der Waals surface area contributed by atoms with E-state index in [9.17, 15) is 9.59 Å². The van der Waals surface area contributed by atoms with Crippen LogP contribution in [0.25, 0.3) is 0 Å². The molecule has 3 aromatic rings. The first-order valence-electron chi connectivity index (χ1n) is 10.3. The number of amides is 2. The molecule has 0 aliphatic carbocycles. The second-order valence-electron chi connectivity index (χ2n) is 7.80. The van der Waals surface area contributed by atoms with E-state index in [1.807, 2.05) is 53.4 Å². The highest BCUT2D eigenvalue weighted by Crippen LogP contribution is 2.26. The van der Waals surface area contributed by atoms with Crippen molar-refractivity contribution in [2.24, 2.45) is 0 Å². The second kappa shape index (κ2) is 9.00. The smallest absolute Gasteiger partial charge is 0.254 e. The molecule has 0 atom stereocenters. The lowest BCUT2D eigenvalue weighted by Crippen LogP contribution is -2.37. The van der Waals surface area contributed by atoms with Crippen LogP contribution in [0.3, 0.4) is 0 Å². The molecule has 0 N–H and O–H groups in total. The van der Waals surface area contributed by atoms with Gasteiger partial charge in [-0.15, -0.1) is 0 Å². The van der Waals surface area contributed by atoms with Gasteiger partial charge in [0.1, 0.15) is 12.4 Å². The molecule has 2 heterocycles. The maximum atomic E-state index is 13.1. The van der Waals surface area contributed by atoms with Crippen molar-refractivity contribution in [2.45, 2.75) is 19.6 Å². The fourth-order valence-electron chi connectivity index (χ4n) is 3.71. The standard InChI is InChI=1S/C25H25N3O3/c1-27(2)24(29)22-8-4-3-7-20(22)17-31-21-10-9-19-11-13-28(25(30)23(19)14-21)16-18-6-5-12-26-15-18/h3-10,12,14-15H,11,13,16-17H2,1-2H3. The molecule has 31 heavy (non-hydrogen) atoms. The molecular weight excluding hydrogens is 390 g/mol. The number of ether oxygens (including phenoxy) is 1. The van der Waals surface area contributed by atoms with E-state index in [0.717, 1.165) is 23.1 Å². The zero-order valence-corrected chi connectivity index (χ0v) is 17.7. The molecule has 6 nitrogen and oxygen atoms in total. The van der Waals surface area contributed by atoms with Crippen LogP contribution in [0.2, 0.25) is 0 Å². The van der Waals surface area contributed by atoms with Gasteiger partial charge in [-0.3, -0.25) is 14.6 Å². The Morgan fingerprint density at radius 3 is 2.74 bits per heavy atom. The first-order chi connectivity index (χ1) is 15.0. The van der Waals surface area contributed by atoms with Gasteiger partial charge >= 0.3 is 0 Å². The van der Waals surface area contributed by atoms with Gasteiger partial charge in [0.25, 0.3) is 11.8 Å². The Hall–Kier alpha value is -3.67. The Bertz CT molecular complexity index is 1100. The third kappa shape index (κ3) is 4.58. The highest BCUT2D eigenvalue weighted by atomic mass is 16.5. The van der Waals surface area contributed by atoms with Gasteiger partial charge in [0.05, 0.1) is 0 Å². The van der Waals surface area contributed by atoms with Crippen LogP contribution in [0.1, 0.15) is 37.4 Å². The molecule has 2 aromatic carbocycles. The van der Waals surface area contributed by atoms with E-state index >= 15 is 0 Å². The van der Waals surface area contributed by atoms with E-state index in [1.54, 1.807) is 37.5 Å². The first kappa shape index (κ1) is 20.6. The SMILES string of the molecule is CN(C)C(=O)c1ccccc1COc1ccc2c(c1)C(=O)N(Cc1cccnc1)CC2. The summed E-state index contributed by atoms with van der Waals surface area (Å²) in [6.07, 6.45) is 4.32. The monoisotopic (exact) mass is 415 g/mol. The van der Waals surface area contributed by atoms with Crippen molar-refractivity contribution < 1.29 is 14.3 Å². The molecule has 4 rings (SSSR count). The predicted octanol–water partition coefficient (Wildman–Crippen LogP) is 3.56. The highest BCUT2D eigenvalue weighted by molar-refractivity contribution is 5.97. The van der Waals surface area contributed by atoms with Gasteiger partial charge in [0.15, 0.2) is 0 Å². The molecule has 2 amide bonds. The van der Waals surface area contributed by atoms with Gasteiger partial charge in [-0.2, -0.15) is 0 Å². The Kier molecular flexibility index (Phi) is 5.98. The molecule has 6 heteroatoms. The molecule has 0 saturated carbocycles. The minimum absolute atomic E-state index is 0.00117. The molecule has 0 bridgehead atoms. The zero-order valence-electron chi connectivity index (χ0n) is 17.7. The Morgan fingerprint density at radius 2 is 1.97 bits per heavy atom. The summed E-state index contributed by atoms with van der Waals surface area (Å²) >= 11 is 0. The number of carbonyl (C=O) groups is 2. The number of nitrogens with zero attached hydrogens (tertiary/aromatic N) is 3. The molecule has 1 aromatic heterocycles. The summed E-state index contributed by atoms with van der Waals surface area (Å²) in [6, 6.07) is 16.9. The number of hydrogen-bond acceptors (Lipinski definition) is 4. The average molecular weight is 415 g/mol. The predicted molar refractivity (Wildman–Crippen MR) is 118 cm³/mol. The highest BCUT2D eigenvalue weighted by Gasteiger charge is 2.25. The minimum Gasteiger partial charge on any atom is -0.489 e. The van der Waals surface area contributed by atoms with E-state index < -0.39 is 0 Å². The molecular formula is C25H25N3O3. The summed E-state index contributed by atoms with van der Waals surface area (Å²) in [5.74, 6) is 0.548. The quantitative estimate of drug-likeness (QED) is 0.618. The maximum Gasteiger partial charge on any atom is 0.254 e. The molecule has 0 radical (unpaired) electrons. The van der Waals surface area contributed by atoms with Crippen molar-refractivity contribution in [2.75, 3.05) is 20.6 Å². The topological polar surface area (TPSA) is 62.7 Å². The number of fused-ring (bicyclic) bond motifs is 1. The fraction of sp³-hybridized carbons (Fsp3) is 0.240. The third-order valence-corrected chi connectivity index (χ3v) is 5.39. The van der Waals surface area contributed by atoms with E-state index in [2.05, 4.69) is 4.98 Å². The molecule has 0 saturated heterocycles. The normalized spacial score (nSPS) is 13.0. The summed E-state index contributed by atoms with van der Waals surface area (Å²) < 4.78 is 5.98. The number of benzene rings is 2. The van der Waals surface area contributed by atoms with Gasteiger partial charge in [-0.1, -0.05) is 30.3 Å². The van der Waals surface area contributed by atoms with Gasteiger partial charge in [-0.25, -0.2) is 0 Å². The Morgan fingerprint density at radius 1 is 1.13 bits per heavy atom. The maximum absolute atomic E-state index is 13.1. The zero-order chi connectivity index (χ0) is 21.8. The number of rotatable bonds is 6. The Labute approximate surface area is 182 Å². The van der Waals surface area contributed by atoms with Gasteiger partial charge in [0, 0.05) is 56.3 Å². The van der Waals surface area contributed by atoms with Crippen LogP contribution in [0, 0.1) is 0 Å². The van der Waals surface area contributed by atoms with Crippen molar-refractivity contribution in [1.82, 2.24) is 14.8 Å². The number of aromatic nitrogens is 1. The number of pyridine rings is 1. The van der Waals surface area contributed by atoms with Crippen LogP contribution >= 0.6 is 0 Å². The lowest BCUT2D eigenvalue weighted by Gasteiger charge is -2.29. The van der Waals surface area contributed by atoms with Crippen LogP contribution < -0.4 is 4.74 Å². The van der Waals surface area contributed by atoms with Crippen LogP contribution in [0.4, 0.5) is 0 Å². The van der Waals surface area contributed by atoms with Crippen LogP contribution in [-0.4, -0.2) is 47.2 Å². The molecule has 0 fully saturated rings. The van der Waals surface area contributed by atoms with E-state index in [4.69, 9.17) is 4.74 Å². The van der Waals surface area contributed by atoms with Crippen LogP contribution in [0.5, 0.6) is 5.75 Å². The summed E-state index contributed by atoms with van der Waals surface area (Å²) in [4.78, 5) is 33.0. The van der Waals surface area contributed by atoms with Crippen molar-refractivity contribution in [3.05, 3.63) is 94.8 Å². The summed E-state index contributed by atoms with van der Waals surface area (Å²) in [5.41, 5.74) is 4.13. The van der Waals surface area contributed by atoms with Crippen molar-refractivity contribution in [3.63, 3.8) is 0 Å². The number of hydrogen-bond donors (Lipinski definition) is 0. The van der Waals surface area contributed by atoms with Gasteiger partial charge in [-0.05, 0) is 41.8 Å². The Balaban J connectivity index is 1.49. The van der Waals surface area contributed by atoms with Crippen molar-refractivity contribution >= 4 is 11.8 Å². The van der Waals surface area contributed by atoms with E-state index in [0.29, 0.717) is 30.0 Å². The van der Waals surface area contributed by atoms with E-state index in [1.165, 1.54) is 0 Å². The summed E-state index contributed by atoms with van der Waals surface area (Å²) in [7, 11) is 3.46. The van der Waals surface area contributed by atoms with Crippen LogP contribution in [-0.2, 0) is 19.6 Å². The molecule has 0 spiro atoms. The van der Waals surface area contributed by atoms with Gasteiger partial charge < -0.3 is 14.5 Å². The fourth-order valence-corrected chi connectivity index (χ4v) is 3.71. The van der Waals surface area contributed by atoms with E-state index in [-0.39, 0.29) is 18.4 Å². The van der Waals surface area contributed by atoms with Crippen LogP contribution in [0.15, 0.2) is 67.0 Å². The molecule has 158 valence electrons.